The maximum atomic E-state index is 13.6. The van der Waals surface area contributed by atoms with E-state index in [0.717, 1.165) is 36.8 Å². The maximum Gasteiger partial charge on any atom is 0.247 e. The van der Waals surface area contributed by atoms with Crippen LogP contribution in [0.4, 0.5) is 0 Å². The lowest BCUT2D eigenvalue weighted by Gasteiger charge is -2.52. The fourth-order valence-electron chi connectivity index (χ4n) is 5.66. The Bertz CT molecular complexity index is 1100. The van der Waals surface area contributed by atoms with Crippen molar-refractivity contribution in [3.8, 4) is 23.0 Å². The zero-order valence-electron chi connectivity index (χ0n) is 19.7. The molecule has 1 amide bonds. The van der Waals surface area contributed by atoms with Crippen molar-refractivity contribution in [2.45, 2.75) is 43.7 Å². The highest BCUT2D eigenvalue weighted by Crippen LogP contribution is 2.51. The molecule has 0 spiro atoms. The van der Waals surface area contributed by atoms with Crippen LogP contribution in [0.1, 0.15) is 49.3 Å². The molecule has 0 radical (unpaired) electrons. The summed E-state index contributed by atoms with van der Waals surface area (Å²) in [5, 5.41) is 11.6. The summed E-state index contributed by atoms with van der Waals surface area (Å²) < 4.78 is 22.0. The third-order valence-electron chi connectivity index (χ3n) is 7.42. The molecule has 34 heavy (non-hydrogen) atoms. The van der Waals surface area contributed by atoms with E-state index in [4.69, 9.17) is 18.9 Å². The molecule has 2 aromatic carbocycles. The Kier molecular flexibility index (Phi) is 6.13. The molecule has 1 saturated carbocycles. The predicted molar refractivity (Wildman–Crippen MR) is 127 cm³/mol. The van der Waals surface area contributed by atoms with Gasteiger partial charge in [-0.15, -0.1) is 0 Å². The van der Waals surface area contributed by atoms with Crippen molar-refractivity contribution in [1.29, 1.82) is 0 Å². The minimum Gasteiger partial charge on any atom is -0.497 e. The number of rotatable bonds is 5. The number of nitrogens with zero attached hydrogens (tertiary/aromatic N) is 1. The van der Waals surface area contributed by atoms with E-state index in [1.54, 1.807) is 26.4 Å². The molecule has 3 atom stereocenters. The van der Waals surface area contributed by atoms with E-state index in [-0.39, 0.29) is 24.7 Å². The Balaban J connectivity index is 1.49. The lowest BCUT2D eigenvalue weighted by atomic mass is 9.66. The average molecular weight is 466 g/mol. The largest absolute Gasteiger partial charge is 0.497 e. The number of carbonyl (C=O) groups is 1. The summed E-state index contributed by atoms with van der Waals surface area (Å²) in [5.41, 5.74) is 0.949. The van der Waals surface area contributed by atoms with Crippen molar-refractivity contribution in [1.82, 2.24) is 4.90 Å². The summed E-state index contributed by atoms with van der Waals surface area (Å²) in [4.78, 5) is 15.4. The zero-order chi connectivity index (χ0) is 23.7. The Morgan fingerprint density at radius 2 is 1.94 bits per heavy atom. The number of methoxy groups -OCH3 is 2. The van der Waals surface area contributed by atoms with Crippen molar-refractivity contribution in [3.63, 3.8) is 0 Å². The second-order valence-electron chi connectivity index (χ2n) is 9.24. The topological polar surface area (TPSA) is 77.5 Å². The van der Waals surface area contributed by atoms with Gasteiger partial charge in [0.1, 0.15) is 11.5 Å². The Labute approximate surface area is 199 Å². The van der Waals surface area contributed by atoms with Crippen LogP contribution in [0.15, 0.2) is 42.5 Å². The summed E-state index contributed by atoms with van der Waals surface area (Å²) in [6.07, 6.45) is 7.63. The number of carbonyl (C=O) groups excluding carboxylic acids is 1. The zero-order valence-corrected chi connectivity index (χ0v) is 19.7. The minimum absolute atomic E-state index is 0.0705. The molecule has 2 aliphatic heterocycles. The number of amides is 1. The molecule has 2 fully saturated rings. The van der Waals surface area contributed by atoms with Crippen molar-refractivity contribution < 1.29 is 28.8 Å². The van der Waals surface area contributed by atoms with E-state index in [0.29, 0.717) is 36.0 Å². The highest BCUT2D eigenvalue weighted by Gasteiger charge is 2.50. The molecule has 2 heterocycles. The molecule has 1 N–H and O–H groups in total. The van der Waals surface area contributed by atoms with Crippen LogP contribution in [0.25, 0.3) is 6.08 Å². The molecule has 3 aliphatic rings. The number of hydrogen-bond acceptors (Lipinski definition) is 6. The normalized spacial score (nSPS) is 25.8. The van der Waals surface area contributed by atoms with E-state index < -0.39 is 5.60 Å². The number of likely N-dealkylation sites (tertiary alicyclic amines) is 1. The third-order valence-corrected chi connectivity index (χ3v) is 7.42. The fraction of sp³-hybridized carbons (Fsp3) is 0.444. The average Bonchev–Trinajstić information content (AvgIpc) is 3.34. The smallest absolute Gasteiger partial charge is 0.247 e. The highest BCUT2D eigenvalue weighted by atomic mass is 16.7. The molecule has 1 aliphatic carbocycles. The van der Waals surface area contributed by atoms with Gasteiger partial charge in [0.2, 0.25) is 12.7 Å². The van der Waals surface area contributed by atoms with Crippen LogP contribution >= 0.6 is 0 Å². The van der Waals surface area contributed by atoms with Gasteiger partial charge in [-0.25, -0.2) is 0 Å². The van der Waals surface area contributed by atoms with Crippen LogP contribution in [-0.2, 0) is 4.79 Å². The molecule has 180 valence electrons. The number of benzene rings is 2. The van der Waals surface area contributed by atoms with E-state index in [1.807, 2.05) is 41.3 Å². The maximum absolute atomic E-state index is 13.6. The lowest BCUT2D eigenvalue weighted by Crippen LogP contribution is -2.56. The first-order valence-electron chi connectivity index (χ1n) is 11.8. The van der Waals surface area contributed by atoms with Gasteiger partial charge in [-0.2, -0.15) is 0 Å². The second kappa shape index (κ2) is 9.22. The number of aliphatic hydroxyl groups is 1. The summed E-state index contributed by atoms with van der Waals surface area (Å²) in [7, 11) is 3.26. The molecule has 1 saturated heterocycles. The van der Waals surface area contributed by atoms with Crippen LogP contribution in [0.2, 0.25) is 0 Å². The molecule has 3 unspecified atom stereocenters. The molecule has 0 bridgehead atoms. The van der Waals surface area contributed by atoms with Gasteiger partial charge < -0.3 is 29.0 Å². The summed E-state index contributed by atoms with van der Waals surface area (Å²) in [5.74, 6) is 2.61. The van der Waals surface area contributed by atoms with Crippen molar-refractivity contribution in [2.75, 3.05) is 27.6 Å². The van der Waals surface area contributed by atoms with E-state index >= 15 is 0 Å². The molecule has 0 aromatic heterocycles. The summed E-state index contributed by atoms with van der Waals surface area (Å²) in [6, 6.07) is 11.0. The third kappa shape index (κ3) is 4.09. The first-order valence-corrected chi connectivity index (χ1v) is 11.8. The van der Waals surface area contributed by atoms with E-state index in [9.17, 15) is 9.90 Å². The Morgan fingerprint density at radius 3 is 2.76 bits per heavy atom. The van der Waals surface area contributed by atoms with Gasteiger partial charge in [-0.1, -0.05) is 18.9 Å². The van der Waals surface area contributed by atoms with Gasteiger partial charge in [-0.05, 0) is 61.2 Å². The first-order chi connectivity index (χ1) is 16.5. The van der Waals surface area contributed by atoms with Crippen molar-refractivity contribution in [3.05, 3.63) is 53.6 Å². The van der Waals surface area contributed by atoms with Crippen molar-refractivity contribution in [2.24, 2.45) is 5.92 Å². The second-order valence-corrected chi connectivity index (χ2v) is 9.24. The summed E-state index contributed by atoms with van der Waals surface area (Å²) in [6.45, 7) is 0.686. The van der Waals surface area contributed by atoms with Gasteiger partial charge >= 0.3 is 0 Å². The molecule has 2 aromatic rings. The fourth-order valence-corrected chi connectivity index (χ4v) is 5.66. The molecular formula is C27H31NO6. The van der Waals surface area contributed by atoms with Gasteiger partial charge in [0.05, 0.1) is 25.9 Å². The predicted octanol–water partition coefficient (Wildman–Crippen LogP) is 4.34. The van der Waals surface area contributed by atoms with Crippen LogP contribution in [0.5, 0.6) is 23.0 Å². The van der Waals surface area contributed by atoms with Gasteiger partial charge in [0, 0.05) is 24.1 Å². The summed E-state index contributed by atoms with van der Waals surface area (Å²) >= 11 is 0. The number of fused-ring (bicyclic) bond motifs is 2. The monoisotopic (exact) mass is 465 g/mol. The van der Waals surface area contributed by atoms with Gasteiger partial charge in [-0.3, -0.25) is 4.79 Å². The highest BCUT2D eigenvalue weighted by molar-refractivity contribution is 5.92. The molecule has 5 rings (SSSR count). The lowest BCUT2D eigenvalue weighted by molar-refractivity contribution is -0.151. The number of piperidine rings is 1. The van der Waals surface area contributed by atoms with Crippen LogP contribution in [-0.4, -0.2) is 49.1 Å². The minimum atomic E-state index is -0.783. The van der Waals surface area contributed by atoms with Crippen LogP contribution in [0.3, 0.4) is 0 Å². The molecular weight excluding hydrogens is 434 g/mol. The quantitative estimate of drug-likeness (QED) is 0.662. The van der Waals surface area contributed by atoms with Crippen molar-refractivity contribution >= 4 is 12.0 Å². The van der Waals surface area contributed by atoms with E-state index in [2.05, 4.69) is 0 Å². The first kappa shape index (κ1) is 22.6. The SMILES string of the molecule is COc1ccc(OC)c(C2C3CCCCC3(O)CCN2C(=O)C=Cc2ccc3c(c2)OCO3)c1. The number of hydrogen-bond donors (Lipinski definition) is 1. The number of ether oxygens (including phenoxy) is 4. The Morgan fingerprint density at radius 1 is 1.09 bits per heavy atom. The standard InChI is InChI=1S/C27H31NO6/c1-31-19-8-10-22(32-2)20(16-19)26-21-5-3-4-12-27(21,30)13-14-28(26)25(29)11-7-18-6-9-23-24(15-18)34-17-33-23/h6-11,15-16,21,26,30H,3-5,12-14,17H2,1-2H3. The van der Waals surface area contributed by atoms with E-state index in [1.165, 1.54) is 0 Å². The van der Waals surface area contributed by atoms with Crippen LogP contribution < -0.4 is 18.9 Å². The van der Waals surface area contributed by atoms with Gasteiger partial charge in [0.15, 0.2) is 11.5 Å². The van der Waals surface area contributed by atoms with Crippen LogP contribution in [0, 0.1) is 5.92 Å². The Hall–Kier alpha value is -3.19. The molecule has 7 heteroatoms. The van der Waals surface area contributed by atoms with Gasteiger partial charge in [0.25, 0.3) is 0 Å². The molecule has 7 nitrogen and oxygen atoms in total.